The summed E-state index contributed by atoms with van der Waals surface area (Å²) in [5.74, 6) is -0.119. The van der Waals surface area contributed by atoms with E-state index in [9.17, 15) is 4.79 Å². The van der Waals surface area contributed by atoms with E-state index in [0.29, 0.717) is 10.7 Å². The highest BCUT2D eigenvalue weighted by Crippen LogP contribution is 2.23. The van der Waals surface area contributed by atoms with E-state index in [2.05, 4.69) is 10.3 Å². The average molecular weight is 268 g/mol. The standard InChI is InChI=1S/C15H12N2OS/c1-10-6-7-13(12-5-3-2-4-11(10)12)14(18)17-15-16-8-9-19-15/h2-9H,1H3,(H,16,17,18). The summed E-state index contributed by atoms with van der Waals surface area (Å²) in [7, 11) is 0. The molecule has 4 heteroatoms. The smallest absolute Gasteiger partial charge is 0.258 e. The number of hydrogen-bond acceptors (Lipinski definition) is 3. The minimum Gasteiger partial charge on any atom is -0.298 e. The van der Waals surface area contributed by atoms with Gasteiger partial charge >= 0.3 is 0 Å². The summed E-state index contributed by atoms with van der Waals surface area (Å²) in [4.78, 5) is 16.4. The molecular formula is C15H12N2OS. The van der Waals surface area contributed by atoms with Crippen molar-refractivity contribution in [3.63, 3.8) is 0 Å². The Bertz CT molecular complexity index is 735. The molecule has 3 rings (SSSR count). The number of hydrogen-bond donors (Lipinski definition) is 1. The summed E-state index contributed by atoms with van der Waals surface area (Å²) in [6.45, 7) is 2.05. The van der Waals surface area contributed by atoms with Crippen molar-refractivity contribution in [2.45, 2.75) is 6.92 Å². The molecule has 0 radical (unpaired) electrons. The summed E-state index contributed by atoms with van der Waals surface area (Å²) in [5, 5.41) is 7.35. The number of carbonyl (C=O) groups is 1. The molecule has 0 aliphatic rings. The maximum absolute atomic E-state index is 12.3. The van der Waals surface area contributed by atoms with Crippen LogP contribution in [0, 0.1) is 6.92 Å². The van der Waals surface area contributed by atoms with Crippen molar-refractivity contribution >= 4 is 33.1 Å². The number of fused-ring (bicyclic) bond motifs is 1. The third-order valence-corrected chi connectivity index (χ3v) is 3.73. The van der Waals surface area contributed by atoms with Crippen molar-refractivity contribution in [3.8, 4) is 0 Å². The van der Waals surface area contributed by atoms with Crippen molar-refractivity contribution in [1.29, 1.82) is 0 Å². The predicted molar refractivity (Wildman–Crippen MR) is 78.8 cm³/mol. The Morgan fingerprint density at radius 2 is 1.95 bits per heavy atom. The van der Waals surface area contributed by atoms with Gasteiger partial charge < -0.3 is 0 Å². The van der Waals surface area contributed by atoms with E-state index in [-0.39, 0.29) is 5.91 Å². The molecule has 1 amide bonds. The Balaban J connectivity index is 2.05. The highest BCUT2D eigenvalue weighted by molar-refractivity contribution is 7.13. The molecule has 0 bridgehead atoms. The van der Waals surface area contributed by atoms with E-state index in [0.717, 1.165) is 10.8 Å². The SMILES string of the molecule is Cc1ccc(C(=O)Nc2nccs2)c2ccccc12. The van der Waals surface area contributed by atoms with Crippen LogP contribution in [0.2, 0.25) is 0 Å². The quantitative estimate of drug-likeness (QED) is 0.767. The van der Waals surface area contributed by atoms with Crippen LogP contribution in [0.25, 0.3) is 10.8 Å². The van der Waals surface area contributed by atoms with Gasteiger partial charge in [0.1, 0.15) is 0 Å². The third-order valence-electron chi connectivity index (χ3n) is 3.04. The molecule has 2 aromatic carbocycles. The molecule has 0 fully saturated rings. The number of rotatable bonds is 2. The zero-order valence-corrected chi connectivity index (χ0v) is 11.2. The molecule has 1 heterocycles. The van der Waals surface area contributed by atoms with Gasteiger partial charge in [0.25, 0.3) is 5.91 Å². The molecule has 0 atom stereocenters. The van der Waals surface area contributed by atoms with Crippen molar-refractivity contribution in [2.24, 2.45) is 0 Å². The fraction of sp³-hybridized carbons (Fsp3) is 0.0667. The second-order valence-electron chi connectivity index (χ2n) is 4.27. The van der Waals surface area contributed by atoms with Crippen molar-refractivity contribution in [2.75, 3.05) is 5.32 Å². The van der Waals surface area contributed by atoms with Crippen LogP contribution < -0.4 is 5.32 Å². The first-order chi connectivity index (χ1) is 9.25. The number of carbonyl (C=O) groups excluding carboxylic acids is 1. The number of nitrogens with one attached hydrogen (secondary N) is 1. The van der Waals surface area contributed by atoms with Gasteiger partial charge in [0.15, 0.2) is 5.13 Å². The second-order valence-corrected chi connectivity index (χ2v) is 5.16. The summed E-state index contributed by atoms with van der Waals surface area (Å²) >= 11 is 1.41. The fourth-order valence-electron chi connectivity index (χ4n) is 2.10. The Labute approximate surface area is 114 Å². The van der Waals surface area contributed by atoms with Gasteiger partial charge in [0.2, 0.25) is 0 Å². The minimum atomic E-state index is -0.119. The zero-order chi connectivity index (χ0) is 13.2. The summed E-state index contributed by atoms with van der Waals surface area (Å²) in [6, 6.07) is 11.8. The lowest BCUT2D eigenvalue weighted by atomic mass is 10.00. The van der Waals surface area contributed by atoms with Crippen molar-refractivity contribution < 1.29 is 4.79 Å². The molecule has 94 valence electrons. The number of aromatic nitrogens is 1. The number of amides is 1. The van der Waals surface area contributed by atoms with Crippen LogP contribution in [-0.4, -0.2) is 10.9 Å². The summed E-state index contributed by atoms with van der Waals surface area (Å²) in [6.07, 6.45) is 1.67. The molecule has 0 unspecified atom stereocenters. The van der Waals surface area contributed by atoms with E-state index >= 15 is 0 Å². The minimum absolute atomic E-state index is 0.119. The zero-order valence-electron chi connectivity index (χ0n) is 10.4. The van der Waals surface area contributed by atoms with Gasteiger partial charge in [-0.15, -0.1) is 11.3 Å². The average Bonchev–Trinajstić information content (AvgIpc) is 2.92. The number of nitrogens with zero attached hydrogens (tertiary/aromatic N) is 1. The maximum atomic E-state index is 12.3. The first-order valence-electron chi connectivity index (χ1n) is 5.95. The molecule has 3 nitrogen and oxygen atoms in total. The van der Waals surface area contributed by atoms with Crippen LogP contribution in [0.3, 0.4) is 0 Å². The van der Waals surface area contributed by atoms with E-state index in [1.165, 1.54) is 16.9 Å². The number of aryl methyl sites for hydroxylation is 1. The first kappa shape index (κ1) is 11.9. The van der Waals surface area contributed by atoms with Gasteiger partial charge in [-0.2, -0.15) is 0 Å². The van der Waals surface area contributed by atoms with Crippen LogP contribution >= 0.6 is 11.3 Å². The van der Waals surface area contributed by atoms with E-state index in [4.69, 9.17) is 0 Å². The highest BCUT2D eigenvalue weighted by Gasteiger charge is 2.11. The summed E-state index contributed by atoms with van der Waals surface area (Å²) < 4.78 is 0. The van der Waals surface area contributed by atoms with Gasteiger partial charge in [0, 0.05) is 17.1 Å². The van der Waals surface area contributed by atoms with Crippen molar-refractivity contribution in [3.05, 3.63) is 59.1 Å². The molecule has 0 aliphatic heterocycles. The highest BCUT2D eigenvalue weighted by atomic mass is 32.1. The van der Waals surface area contributed by atoms with E-state index < -0.39 is 0 Å². The van der Waals surface area contributed by atoms with Crippen LogP contribution in [0.1, 0.15) is 15.9 Å². The lowest BCUT2D eigenvalue weighted by Crippen LogP contribution is -2.12. The Morgan fingerprint density at radius 3 is 2.68 bits per heavy atom. The molecule has 0 saturated heterocycles. The van der Waals surface area contributed by atoms with Crippen molar-refractivity contribution in [1.82, 2.24) is 4.98 Å². The predicted octanol–water partition coefficient (Wildman–Crippen LogP) is 3.86. The topological polar surface area (TPSA) is 42.0 Å². The van der Waals surface area contributed by atoms with Crippen LogP contribution in [-0.2, 0) is 0 Å². The molecule has 0 saturated carbocycles. The van der Waals surface area contributed by atoms with E-state index in [1.807, 2.05) is 48.7 Å². The normalized spacial score (nSPS) is 10.6. The van der Waals surface area contributed by atoms with Crippen LogP contribution in [0.4, 0.5) is 5.13 Å². The molecule has 0 spiro atoms. The van der Waals surface area contributed by atoms with Crippen LogP contribution in [0.15, 0.2) is 48.0 Å². The lowest BCUT2D eigenvalue weighted by molar-refractivity contribution is 0.102. The Kier molecular flexibility index (Phi) is 3.01. The summed E-state index contributed by atoms with van der Waals surface area (Å²) in [5.41, 5.74) is 1.85. The molecular weight excluding hydrogens is 256 g/mol. The van der Waals surface area contributed by atoms with E-state index in [1.54, 1.807) is 6.20 Å². The largest absolute Gasteiger partial charge is 0.298 e. The first-order valence-corrected chi connectivity index (χ1v) is 6.83. The maximum Gasteiger partial charge on any atom is 0.258 e. The van der Waals surface area contributed by atoms with Gasteiger partial charge in [0.05, 0.1) is 0 Å². The Hall–Kier alpha value is -2.20. The molecule has 3 aromatic rings. The fourth-order valence-corrected chi connectivity index (χ4v) is 2.62. The molecule has 0 aliphatic carbocycles. The van der Waals surface area contributed by atoms with Gasteiger partial charge in [-0.1, -0.05) is 30.3 Å². The van der Waals surface area contributed by atoms with Gasteiger partial charge in [-0.05, 0) is 29.3 Å². The Morgan fingerprint density at radius 1 is 1.16 bits per heavy atom. The molecule has 1 aromatic heterocycles. The second kappa shape index (κ2) is 4.82. The third kappa shape index (κ3) is 2.22. The lowest BCUT2D eigenvalue weighted by Gasteiger charge is -2.08. The molecule has 19 heavy (non-hydrogen) atoms. The van der Waals surface area contributed by atoms with Gasteiger partial charge in [-0.3, -0.25) is 10.1 Å². The van der Waals surface area contributed by atoms with Crippen LogP contribution in [0.5, 0.6) is 0 Å². The number of thiazole rings is 1. The monoisotopic (exact) mass is 268 g/mol. The van der Waals surface area contributed by atoms with Gasteiger partial charge in [-0.25, -0.2) is 4.98 Å². The number of benzene rings is 2. The molecule has 1 N–H and O–H groups in total. The number of anilines is 1.